The van der Waals surface area contributed by atoms with Crippen LogP contribution in [0.1, 0.15) is 10.6 Å². The van der Waals surface area contributed by atoms with E-state index in [-0.39, 0.29) is 16.5 Å². The molecule has 0 fully saturated rings. The van der Waals surface area contributed by atoms with Crippen LogP contribution in [0.2, 0.25) is 5.02 Å². The number of furan rings is 1. The van der Waals surface area contributed by atoms with E-state index in [4.69, 9.17) is 16.0 Å². The van der Waals surface area contributed by atoms with Crippen LogP contribution < -0.4 is 5.32 Å². The molecule has 0 spiro atoms. The standard InChI is InChI=1S/C18H10ClN3O4S/c19-12-9-10(22(24)25)5-6-11(12)14-7-8-15(26-14)17(23)21-18-20-13-3-1-2-4-16(13)27-18/h1-9H,(H,20,21,23). The van der Waals surface area contributed by atoms with E-state index >= 15 is 0 Å². The lowest BCUT2D eigenvalue weighted by Gasteiger charge is -2.01. The van der Waals surface area contributed by atoms with E-state index < -0.39 is 10.8 Å². The lowest BCUT2D eigenvalue weighted by molar-refractivity contribution is -0.384. The summed E-state index contributed by atoms with van der Waals surface area (Å²) in [5, 5.41) is 14.1. The van der Waals surface area contributed by atoms with E-state index in [1.165, 1.54) is 35.6 Å². The van der Waals surface area contributed by atoms with Gasteiger partial charge in [0.1, 0.15) is 5.76 Å². The zero-order valence-electron chi connectivity index (χ0n) is 13.5. The minimum absolute atomic E-state index is 0.0821. The molecular weight excluding hydrogens is 390 g/mol. The van der Waals surface area contributed by atoms with Gasteiger partial charge in [0.25, 0.3) is 11.6 Å². The highest BCUT2D eigenvalue weighted by atomic mass is 35.5. The Labute approximate surface area is 161 Å². The van der Waals surface area contributed by atoms with Gasteiger partial charge in [-0.25, -0.2) is 4.98 Å². The molecule has 27 heavy (non-hydrogen) atoms. The number of carbonyl (C=O) groups excluding carboxylic acids is 1. The Morgan fingerprint density at radius 3 is 2.74 bits per heavy atom. The highest BCUT2D eigenvalue weighted by molar-refractivity contribution is 7.22. The predicted molar refractivity (Wildman–Crippen MR) is 103 cm³/mol. The first kappa shape index (κ1) is 17.2. The van der Waals surface area contributed by atoms with Crippen LogP contribution >= 0.6 is 22.9 Å². The van der Waals surface area contributed by atoms with Crippen molar-refractivity contribution in [1.29, 1.82) is 0 Å². The molecule has 0 saturated heterocycles. The molecule has 9 heteroatoms. The van der Waals surface area contributed by atoms with Gasteiger partial charge in [0.2, 0.25) is 0 Å². The van der Waals surface area contributed by atoms with Crippen LogP contribution in [0.4, 0.5) is 10.8 Å². The van der Waals surface area contributed by atoms with E-state index in [1.807, 2.05) is 24.3 Å². The first-order chi connectivity index (χ1) is 13.0. The molecule has 0 saturated carbocycles. The number of benzene rings is 2. The first-order valence-corrected chi connectivity index (χ1v) is 8.92. The fourth-order valence-corrected chi connectivity index (χ4v) is 3.64. The Morgan fingerprint density at radius 1 is 1.19 bits per heavy atom. The molecule has 2 aromatic carbocycles. The molecule has 2 heterocycles. The van der Waals surface area contributed by atoms with Gasteiger partial charge in [0.15, 0.2) is 10.9 Å². The van der Waals surface area contributed by atoms with E-state index in [9.17, 15) is 14.9 Å². The number of halogens is 1. The summed E-state index contributed by atoms with van der Waals surface area (Å²) >= 11 is 7.46. The number of nitro benzene ring substituents is 1. The Balaban J connectivity index is 1.56. The number of non-ortho nitro benzene ring substituents is 1. The summed E-state index contributed by atoms with van der Waals surface area (Å²) in [6.07, 6.45) is 0. The zero-order chi connectivity index (χ0) is 19.0. The number of carbonyl (C=O) groups is 1. The number of para-hydroxylation sites is 1. The maximum absolute atomic E-state index is 12.4. The smallest absolute Gasteiger partial charge is 0.293 e. The molecule has 1 amide bonds. The maximum Gasteiger partial charge on any atom is 0.293 e. The van der Waals surface area contributed by atoms with Crippen molar-refractivity contribution >= 4 is 49.9 Å². The number of nitrogens with one attached hydrogen (secondary N) is 1. The van der Waals surface area contributed by atoms with Gasteiger partial charge in [-0.05, 0) is 30.3 Å². The van der Waals surface area contributed by atoms with Gasteiger partial charge in [0.05, 0.1) is 20.2 Å². The average Bonchev–Trinajstić information content (AvgIpc) is 3.28. The lowest BCUT2D eigenvalue weighted by atomic mass is 10.1. The molecular formula is C18H10ClN3O4S. The van der Waals surface area contributed by atoms with Crippen LogP contribution in [0.15, 0.2) is 59.0 Å². The third-order valence-corrected chi connectivity index (χ3v) is 5.04. The zero-order valence-corrected chi connectivity index (χ0v) is 15.1. The Kier molecular flexibility index (Phi) is 4.35. The summed E-state index contributed by atoms with van der Waals surface area (Å²) in [5.74, 6) is -0.0265. The number of rotatable bonds is 4. The molecule has 0 aliphatic carbocycles. The van der Waals surface area contributed by atoms with E-state index in [1.54, 1.807) is 6.07 Å². The quantitative estimate of drug-likeness (QED) is 0.367. The van der Waals surface area contributed by atoms with Crippen LogP contribution in [0.25, 0.3) is 21.5 Å². The third kappa shape index (κ3) is 3.40. The van der Waals surface area contributed by atoms with E-state index in [2.05, 4.69) is 10.3 Å². The third-order valence-electron chi connectivity index (χ3n) is 3.77. The minimum Gasteiger partial charge on any atom is -0.451 e. The predicted octanol–water partition coefficient (Wildman–Crippen LogP) is 5.37. The first-order valence-electron chi connectivity index (χ1n) is 7.72. The number of nitro groups is 1. The SMILES string of the molecule is O=C(Nc1nc2ccccc2s1)c1ccc(-c2ccc([N+](=O)[O-])cc2Cl)o1. The Hall–Kier alpha value is -3.23. The van der Waals surface area contributed by atoms with Gasteiger partial charge in [-0.15, -0.1) is 0 Å². The number of nitrogens with zero attached hydrogens (tertiary/aromatic N) is 2. The van der Waals surface area contributed by atoms with Crippen LogP contribution in [-0.4, -0.2) is 15.8 Å². The number of hydrogen-bond acceptors (Lipinski definition) is 6. The van der Waals surface area contributed by atoms with Gasteiger partial charge in [-0.1, -0.05) is 35.1 Å². The highest BCUT2D eigenvalue weighted by Crippen LogP contribution is 2.32. The lowest BCUT2D eigenvalue weighted by Crippen LogP contribution is -2.10. The Morgan fingerprint density at radius 2 is 2.00 bits per heavy atom. The van der Waals surface area contributed by atoms with Crippen molar-refractivity contribution < 1.29 is 14.1 Å². The monoisotopic (exact) mass is 399 g/mol. The molecule has 0 aliphatic rings. The van der Waals surface area contributed by atoms with Crippen LogP contribution in [-0.2, 0) is 0 Å². The van der Waals surface area contributed by atoms with Gasteiger partial charge in [-0.2, -0.15) is 0 Å². The second-order valence-corrected chi connectivity index (χ2v) is 6.96. The molecule has 0 bridgehead atoms. The number of aromatic nitrogens is 1. The molecule has 0 radical (unpaired) electrons. The molecule has 134 valence electrons. The fourth-order valence-electron chi connectivity index (χ4n) is 2.51. The number of thiazole rings is 1. The van der Waals surface area contributed by atoms with Crippen molar-refractivity contribution in [3.8, 4) is 11.3 Å². The van der Waals surface area contributed by atoms with E-state index in [0.29, 0.717) is 16.5 Å². The molecule has 0 aliphatic heterocycles. The molecule has 0 atom stereocenters. The molecule has 4 rings (SSSR count). The topological polar surface area (TPSA) is 98.3 Å². The van der Waals surface area contributed by atoms with Gasteiger partial charge in [0, 0.05) is 17.7 Å². The van der Waals surface area contributed by atoms with Gasteiger partial charge in [-0.3, -0.25) is 20.2 Å². The van der Waals surface area contributed by atoms with Crippen molar-refractivity contribution in [3.05, 3.63) is 75.5 Å². The Bertz CT molecular complexity index is 1150. The summed E-state index contributed by atoms with van der Waals surface area (Å²) in [6.45, 7) is 0. The largest absolute Gasteiger partial charge is 0.451 e. The van der Waals surface area contributed by atoms with Gasteiger partial charge >= 0.3 is 0 Å². The molecule has 4 aromatic rings. The summed E-state index contributed by atoms with van der Waals surface area (Å²) in [6, 6.07) is 14.7. The summed E-state index contributed by atoms with van der Waals surface area (Å²) in [5.41, 5.74) is 1.14. The number of anilines is 1. The second-order valence-electron chi connectivity index (χ2n) is 5.53. The minimum atomic E-state index is -0.533. The van der Waals surface area contributed by atoms with Gasteiger partial charge < -0.3 is 4.42 Å². The van der Waals surface area contributed by atoms with Crippen molar-refractivity contribution in [2.24, 2.45) is 0 Å². The summed E-state index contributed by atoms with van der Waals surface area (Å²) in [4.78, 5) is 27.0. The van der Waals surface area contributed by atoms with Crippen molar-refractivity contribution in [2.75, 3.05) is 5.32 Å². The molecule has 0 unspecified atom stereocenters. The molecule has 2 aromatic heterocycles. The molecule has 7 nitrogen and oxygen atoms in total. The second kappa shape index (κ2) is 6.82. The van der Waals surface area contributed by atoms with Crippen LogP contribution in [0, 0.1) is 10.1 Å². The number of amides is 1. The van der Waals surface area contributed by atoms with E-state index in [0.717, 1.165) is 10.2 Å². The fraction of sp³-hybridized carbons (Fsp3) is 0. The summed E-state index contributed by atoms with van der Waals surface area (Å²) < 4.78 is 6.53. The van der Waals surface area contributed by atoms with Crippen LogP contribution in [0.5, 0.6) is 0 Å². The number of fused-ring (bicyclic) bond motifs is 1. The van der Waals surface area contributed by atoms with Crippen molar-refractivity contribution in [2.45, 2.75) is 0 Å². The normalized spacial score (nSPS) is 10.9. The summed E-state index contributed by atoms with van der Waals surface area (Å²) in [7, 11) is 0. The molecule has 1 N–H and O–H groups in total. The van der Waals surface area contributed by atoms with Crippen molar-refractivity contribution in [1.82, 2.24) is 4.98 Å². The maximum atomic E-state index is 12.4. The highest BCUT2D eigenvalue weighted by Gasteiger charge is 2.17. The van der Waals surface area contributed by atoms with Crippen LogP contribution in [0.3, 0.4) is 0 Å². The number of hydrogen-bond donors (Lipinski definition) is 1. The average molecular weight is 400 g/mol. The van der Waals surface area contributed by atoms with Crippen molar-refractivity contribution in [3.63, 3.8) is 0 Å².